The van der Waals surface area contributed by atoms with E-state index in [9.17, 15) is 19.7 Å². The van der Waals surface area contributed by atoms with E-state index in [4.69, 9.17) is 4.74 Å². The number of nitrogens with zero attached hydrogens (tertiary/aromatic N) is 1. The zero-order valence-corrected chi connectivity index (χ0v) is 13.4. The Kier molecular flexibility index (Phi) is 8.70. The molecule has 0 spiro atoms. The molecule has 1 rings (SSSR count). The van der Waals surface area contributed by atoms with Crippen molar-refractivity contribution in [2.45, 2.75) is 77.2 Å². The van der Waals surface area contributed by atoms with Crippen LogP contribution < -0.4 is 0 Å². The Balaban J connectivity index is 2.78. The van der Waals surface area contributed by atoms with Crippen LogP contribution in [0.25, 0.3) is 0 Å². The molecule has 2 atom stereocenters. The predicted molar refractivity (Wildman–Crippen MR) is 82.1 cm³/mol. The number of hydrogen-bond acceptors (Lipinski definition) is 5. The Hall–Kier alpha value is -1.46. The van der Waals surface area contributed by atoms with Gasteiger partial charge in [0.25, 0.3) is 0 Å². The molecule has 0 bridgehead atoms. The third-order valence-electron chi connectivity index (χ3n) is 4.22. The summed E-state index contributed by atoms with van der Waals surface area (Å²) in [5.74, 6) is -1.32. The molecule has 0 amide bonds. The average Bonchev–Trinajstić information content (AvgIpc) is 2.43. The molecule has 0 aromatic heterocycles. The molecular formula is C16H27NO5. The minimum Gasteiger partial charge on any atom is -0.461 e. The van der Waals surface area contributed by atoms with Gasteiger partial charge in [-0.2, -0.15) is 0 Å². The summed E-state index contributed by atoms with van der Waals surface area (Å²) in [6.45, 7) is 1.74. The monoisotopic (exact) mass is 313 g/mol. The number of esters is 1. The molecule has 0 radical (unpaired) electrons. The molecule has 1 aliphatic rings. The largest absolute Gasteiger partial charge is 0.461 e. The lowest BCUT2D eigenvalue weighted by Crippen LogP contribution is -2.39. The number of carbonyl (C=O) groups is 2. The van der Waals surface area contributed by atoms with Crippen LogP contribution in [-0.4, -0.2) is 29.3 Å². The van der Waals surface area contributed by atoms with Crippen molar-refractivity contribution in [1.29, 1.82) is 0 Å². The van der Waals surface area contributed by atoms with Crippen LogP contribution in [0.5, 0.6) is 0 Å². The van der Waals surface area contributed by atoms with Gasteiger partial charge in [-0.15, -0.1) is 0 Å². The van der Waals surface area contributed by atoms with Gasteiger partial charge in [0.15, 0.2) is 0 Å². The fourth-order valence-corrected chi connectivity index (χ4v) is 3.06. The van der Waals surface area contributed by atoms with E-state index in [1.54, 1.807) is 6.92 Å². The Morgan fingerprint density at radius 1 is 1.23 bits per heavy atom. The van der Waals surface area contributed by atoms with Gasteiger partial charge in [0, 0.05) is 23.7 Å². The SMILES string of the molecule is CCOC(=O)C(C1CCCCCCCCCC(=O)C1)[N+](=O)[O-]. The minimum atomic E-state index is -1.41. The lowest BCUT2D eigenvalue weighted by atomic mass is 9.87. The van der Waals surface area contributed by atoms with Crippen LogP contribution in [0.15, 0.2) is 0 Å². The molecule has 2 unspecified atom stereocenters. The van der Waals surface area contributed by atoms with Gasteiger partial charge in [-0.3, -0.25) is 14.9 Å². The lowest BCUT2D eigenvalue weighted by molar-refractivity contribution is -0.520. The molecule has 0 saturated heterocycles. The van der Waals surface area contributed by atoms with Gasteiger partial charge in [-0.25, -0.2) is 4.79 Å². The van der Waals surface area contributed by atoms with Crippen molar-refractivity contribution in [3.63, 3.8) is 0 Å². The van der Waals surface area contributed by atoms with Crippen molar-refractivity contribution >= 4 is 11.8 Å². The molecule has 1 saturated carbocycles. The molecule has 0 heterocycles. The highest BCUT2D eigenvalue weighted by Crippen LogP contribution is 2.24. The summed E-state index contributed by atoms with van der Waals surface area (Å²) < 4.78 is 4.83. The Morgan fingerprint density at radius 3 is 2.41 bits per heavy atom. The number of ketones is 1. The van der Waals surface area contributed by atoms with Gasteiger partial charge in [0.2, 0.25) is 0 Å². The van der Waals surface area contributed by atoms with Crippen LogP contribution in [0.3, 0.4) is 0 Å². The van der Waals surface area contributed by atoms with Crippen LogP contribution in [0, 0.1) is 16.0 Å². The topological polar surface area (TPSA) is 86.5 Å². The summed E-state index contributed by atoms with van der Waals surface area (Å²) in [4.78, 5) is 34.6. The fraction of sp³-hybridized carbons (Fsp3) is 0.875. The molecular weight excluding hydrogens is 286 g/mol. The number of ether oxygens (including phenoxy) is 1. The molecule has 0 aliphatic heterocycles. The quantitative estimate of drug-likeness (QED) is 0.451. The van der Waals surface area contributed by atoms with E-state index in [2.05, 4.69) is 0 Å². The lowest BCUT2D eigenvalue weighted by Gasteiger charge is -2.19. The van der Waals surface area contributed by atoms with Crippen LogP contribution in [-0.2, 0) is 14.3 Å². The third kappa shape index (κ3) is 6.54. The van der Waals surface area contributed by atoms with E-state index in [1.165, 1.54) is 0 Å². The van der Waals surface area contributed by atoms with Crippen molar-refractivity contribution in [3.8, 4) is 0 Å². The first-order valence-corrected chi connectivity index (χ1v) is 8.38. The smallest absolute Gasteiger partial charge is 0.381 e. The van der Waals surface area contributed by atoms with E-state index in [1.807, 2.05) is 0 Å². The summed E-state index contributed by atoms with van der Waals surface area (Å²) in [6.07, 6.45) is 8.22. The van der Waals surface area contributed by atoms with Crippen LogP contribution in [0.2, 0.25) is 0 Å². The standard InChI is InChI=1S/C16H27NO5/c1-2-22-16(19)15(17(20)21)13-10-8-6-4-3-5-7-9-11-14(18)12-13/h13,15H,2-12H2,1H3. The first-order valence-electron chi connectivity index (χ1n) is 8.38. The molecule has 0 aromatic rings. The average molecular weight is 313 g/mol. The first kappa shape index (κ1) is 18.6. The van der Waals surface area contributed by atoms with Gasteiger partial charge in [0.05, 0.1) is 6.61 Å². The number of Topliss-reactive ketones (excluding diaryl/α,β-unsaturated/α-hetero) is 1. The maximum absolute atomic E-state index is 12.0. The summed E-state index contributed by atoms with van der Waals surface area (Å²) in [5.41, 5.74) is 0. The van der Waals surface area contributed by atoms with Gasteiger partial charge in [-0.1, -0.05) is 38.5 Å². The van der Waals surface area contributed by atoms with Crippen LogP contribution >= 0.6 is 0 Å². The van der Waals surface area contributed by atoms with Crippen molar-refractivity contribution in [3.05, 3.63) is 10.1 Å². The van der Waals surface area contributed by atoms with Gasteiger partial charge < -0.3 is 4.74 Å². The number of rotatable bonds is 4. The molecule has 1 aliphatic carbocycles. The van der Waals surface area contributed by atoms with Crippen molar-refractivity contribution in [2.75, 3.05) is 6.61 Å². The first-order chi connectivity index (χ1) is 10.6. The maximum atomic E-state index is 12.0. The number of hydrogen-bond donors (Lipinski definition) is 0. The molecule has 22 heavy (non-hydrogen) atoms. The normalized spacial score (nSPS) is 23.0. The molecule has 126 valence electrons. The van der Waals surface area contributed by atoms with Gasteiger partial charge in [0.1, 0.15) is 5.78 Å². The second-order valence-corrected chi connectivity index (χ2v) is 6.00. The van der Waals surface area contributed by atoms with Crippen molar-refractivity contribution in [1.82, 2.24) is 0 Å². The summed E-state index contributed by atoms with van der Waals surface area (Å²) in [6, 6.07) is -1.41. The third-order valence-corrected chi connectivity index (χ3v) is 4.22. The second-order valence-electron chi connectivity index (χ2n) is 6.00. The minimum absolute atomic E-state index is 0.0294. The highest BCUT2D eigenvalue weighted by Gasteiger charge is 2.40. The second kappa shape index (κ2) is 10.3. The van der Waals surface area contributed by atoms with Gasteiger partial charge in [-0.05, 0) is 19.8 Å². The van der Waals surface area contributed by atoms with E-state index in [0.29, 0.717) is 12.8 Å². The van der Waals surface area contributed by atoms with Crippen molar-refractivity contribution < 1.29 is 19.2 Å². The summed E-state index contributed by atoms with van der Waals surface area (Å²) in [7, 11) is 0. The van der Waals surface area contributed by atoms with E-state index in [0.717, 1.165) is 44.9 Å². The number of carbonyl (C=O) groups excluding carboxylic acids is 2. The highest BCUT2D eigenvalue weighted by molar-refractivity contribution is 5.80. The van der Waals surface area contributed by atoms with E-state index in [-0.39, 0.29) is 18.8 Å². The Bertz CT molecular complexity index is 383. The van der Waals surface area contributed by atoms with Crippen LogP contribution in [0.1, 0.15) is 71.1 Å². The van der Waals surface area contributed by atoms with E-state index < -0.39 is 22.9 Å². The maximum Gasteiger partial charge on any atom is 0.381 e. The zero-order chi connectivity index (χ0) is 16.4. The molecule has 0 aromatic carbocycles. The molecule has 6 nitrogen and oxygen atoms in total. The molecule has 1 fully saturated rings. The zero-order valence-electron chi connectivity index (χ0n) is 13.4. The van der Waals surface area contributed by atoms with Crippen LogP contribution in [0.4, 0.5) is 0 Å². The Morgan fingerprint density at radius 2 is 1.82 bits per heavy atom. The van der Waals surface area contributed by atoms with Crippen molar-refractivity contribution in [2.24, 2.45) is 5.92 Å². The summed E-state index contributed by atoms with van der Waals surface area (Å²) in [5, 5.41) is 11.3. The predicted octanol–water partition coefficient (Wildman–Crippen LogP) is 3.29. The Labute approximate surface area is 131 Å². The van der Waals surface area contributed by atoms with Gasteiger partial charge >= 0.3 is 12.0 Å². The summed E-state index contributed by atoms with van der Waals surface area (Å²) >= 11 is 0. The number of nitro groups is 1. The molecule has 6 heteroatoms. The van der Waals surface area contributed by atoms with E-state index >= 15 is 0 Å². The highest BCUT2D eigenvalue weighted by atomic mass is 16.6. The molecule has 0 N–H and O–H groups in total. The fourth-order valence-electron chi connectivity index (χ4n) is 3.06.